The van der Waals surface area contributed by atoms with Crippen LogP contribution in [-0.2, 0) is 9.59 Å². The predicted octanol–water partition coefficient (Wildman–Crippen LogP) is 0.0600. The summed E-state index contributed by atoms with van der Waals surface area (Å²) in [5.74, 6) is -0.201. The molecule has 2 heterocycles. The van der Waals surface area contributed by atoms with Crippen LogP contribution in [0.4, 0.5) is 0 Å². The lowest BCUT2D eigenvalue weighted by molar-refractivity contribution is -0.144. The van der Waals surface area contributed by atoms with Crippen molar-refractivity contribution in [2.75, 3.05) is 13.1 Å². The van der Waals surface area contributed by atoms with E-state index < -0.39 is 12.0 Å². The first kappa shape index (κ1) is 11.4. The first-order valence-corrected chi connectivity index (χ1v) is 5.84. The minimum Gasteiger partial charge on any atom is -0.480 e. The van der Waals surface area contributed by atoms with Crippen LogP contribution in [0.25, 0.3) is 0 Å². The number of nitrogens with zero attached hydrogens (tertiary/aromatic N) is 1. The smallest absolute Gasteiger partial charge is 0.320 e. The van der Waals surface area contributed by atoms with E-state index in [4.69, 9.17) is 5.11 Å². The molecule has 0 bridgehead atoms. The summed E-state index contributed by atoms with van der Waals surface area (Å²) in [7, 11) is 0. The summed E-state index contributed by atoms with van der Waals surface area (Å²) in [5, 5.41) is 12.0. The number of nitrogens with one attached hydrogen (secondary N) is 1. The van der Waals surface area contributed by atoms with Crippen molar-refractivity contribution in [3.8, 4) is 0 Å². The van der Waals surface area contributed by atoms with E-state index in [0.29, 0.717) is 12.3 Å². The maximum Gasteiger partial charge on any atom is 0.320 e. The van der Waals surface area contributed by atoms with Crippen molar-refractivity contribution >= 4 is 11.9 Å². The molecule has 3 atom stereocenters. The van der Waals surface area contributed by atoms with Gasteiger partial charge in [-0.05, 0) is 25.7 Å². The lowest BCUT2D eigenvalue weighted by atomic mass is 9.84. The van der Waals surface area contributed by atoms with E-state index in [1.54, 1.807) is 6.92 Å². The summed E-state index contributed by atoms with van der Waals surface area (Å²) in [5.41, 5.74) is 0. The van der Waals surface area contributed by atoms with E-state index in [9.17, 15) is 9.59 Å². The normalized spacial score (nSPS) is 32.7. The number of carbonyl (C=O) groups excluding carboxylic acids is 1. The number of amides is 1. The lowest BCUT2D eigenvalue weighted by Gasteiger charge is -2.42. The van der Waals surface area contributed by atoms with Crippen LogP contribution in [0.15, 0.2) is 0 Å². The Morgan fingerprint density at radius 1 is 1.56 bits per heavy atom. The van der Waals surface area contributed by atoms with Crippen LogP contribution in [0.3, 0.4) is 0 Å². The van der Waals surface area contributed by atoms with Crippen LogP contribution in [0, 0.1) is 5.92 Å². The fraction of sp³-hybridized carbons (Fsp3) is 0.818. The molecule has 3 unspecified atom stereocenters. The maximum absolute atomic E-state index is 11.2. The van der Waals surface area contributed by atoms with Crippen molar-refractivity contribution < 1.29 is 14.7 Å². The molecule has 2 rings (SSSR count). The molecule has 0 spiro atoms. The Labute approximate surface area is 94.8 Å². The Bertz CT molecular complexity index is 306. The number of carboxylic acids is 1. The molecule has 2 aliphatic rings. The number of carbonyl (C=O) groups is 2. The van der Waals surface area contributed by atoms with Crippen molar-refractivity contribution in [3.63, 3.8) is 0 Å². The number of hydrogen-bond acceptors (Lipinski definition) is 3. The zero-order valence-electron chi connectivity index (χ0n) is 9.48. The van der Waals surface area contributed by atoms with E-state index in [1.807, 2.05) is 4.90 Å². The van der Waals surface area contributed by atoms with Gasteiger partial charge in [0, 0.05) is 25.6 Å². The average Bonchev–Trinajstić information content (AvgIpc) is 2.27. The Balaban J connectivity index is 1.95. The molecule has 0 aliphatic carbocycles. The van der Waals surface area contributed by atoms with Gasteiger partial charge in [0.15, 0.2) is 0 Å². The van der Waals surface area contributed by atoms with Crippen LogP contribution in [0.5, 0.6) is 0 Å². The van der Waals surface area contributed by atoms with E-state index in [0.717, 1.165) is 25.9 Å². The molecule has 2 N–H and O–H groups in total. The third kappa shape index (κ3) is 2.19. The molecular formula is C11H18N2O3. The van der Waals surface area contributed by atoms with Gasteiger partial charge in [0.2, 0.25) is 5.91 Å². The molecule has 2 aliphatic heterocycles. The van der Waals surface area contributed by atoms with Crippen LogP contribution < -0.4 is 5.32 Å². The van der Waals surface area contributed by atoms with Gasteiger partial charge in [0.25, 0.3) is 0 Å². The predicted molar refractivity (Wildman–Crippen MR) is 57.9 cm³/mol. The van der Waals surface area contributed by atoms with Crippen molar-refractivity contribution in [2.24, 2.45) is 5.92 Å². The summed E-state index contributed by atoms with van der Waals surface area (Å²) in [6.07, 6.45) is 2.34. The molecule has 90 valence electrons. The molecule has 2 saturated heterocycles. The zero-order valence-corrected chi connectivity index (χ0v) is 9.48. The Hall–Kier alpha value is -1.10. The van der Waals surface area contributed by atoms with Crippen molar-refractivity contribution in [1.82, 2.24) is 10.2 Å². The molecule has 2 fully saturated rings. The van der Waals surface area contributed by atoms with Gasteiger partial charge < -0.3 is 10.4 Å². The number of carboxylic acid groups (broad SMARTS) is 1. The highest BCUT2D eigenvalue weighted by Gasteiger charge is 2.36. The number of rotatable bonds is 2. The third-order valence-corrected chi connectivity index (χ3v) is 3.76. The molecule has 5 nitrogen and oxygen atoms in total. The average molecular weight is 226 g/mol. The van der Waals surface area contributed by atoms with Gasteiger partial charge in [0.1, 0.15) is 6.04 Å². The Morgan fingerprint density at radius 3 is 3.00 bits per heavy atom. The molecular weight excluding hydrogens is 208 g/mol. The third-order valence-electron chi connectivity index (χ3n) is 3.76. The SMILES string of the molecule is CC(C(=O)O)N1CCC2NC(=O)CCC2C1. The number of fused-ring (bicyclic) bond motifs is 1. The highest BCUT2D eigenvalue weighted by molar-refractivity contribution is 5.77. The van der Waals surface area contributed by atoms with Gasteiger partial charge in [-0.2, -0.15) is 0 Å². The fourth-order valence-corrected chi connectivity index (χ4v) is 2.65. The van der Waals surface area contributed by atoms with Crippen molar-refractivity contribution in [1.29, 1.82) is 0 Å². The summed E-state index contributed by atoms with van der Waals surface area (Å²) >= 11 is 0. The van der Waals surface area contributed by atoms with Crippen LogP contribution >= 0.6 is 0 Å². The highest BCUT2D eigenvalue weighted by Crippen LogP contribution is 2.26. The van der Waals surface area contributed by atoms with Gasteiger partial charge in [-0.3, -0.25) is 14.5 Å². The number of piperidine rings is 2. The summed E-state index contributed by atoms with van der Waals surface area (Å²) < 4.78 is 0. The second kappa shape index (κ2) is 4.41. The van der Waals surface area contributed by atoms with Crippen LogP contribution in [0.1, 0.15) is 26.2 Å². The lowest BCUT2D eigenvalue weighted by Crippen LogP contribution is -2.56. The van der Waals surface area contributed by atoms with Gasteiger partial charge in [-0.15, -0.1) is 0 Å². The second-order valence-electron chi connectivity index (χ2n) is 4.77. The molecule has 16 heavy (non-hydrogen) atoms. The summed E-state index contributed by atoms with van der Waals surface area (Å²) in [6.45, 7) is 3.28. The Morgan fingerprint density at radius 2 is 2.31 bits per heavy atom. The molecule has 0 aromatic heterocycles. The number of aliphatic carboxylic acids is 1. The van der Waals surface area contributed by atoms with Crippen molar-refractivity contribution in [2.45, 2.75) is 38.3 Å². The summed E-state index contributed by atoms with van der Waals surface area (Å²) in [4.78, 5) is 24.1. The van der Waals surface area contributed by atoms with Gasteiger partial charge >= 0.3 is 5.97 Å². The monoisotopic (exact) mass is 226 g/mol. The van der Waals surface area contributed by atoms with Gasteiger partial charge in [0.05, 0.1) is 0 Å². The minimum atomic E-state index is -0.765. The maximum atomic E-state index is 11.2. The first-order chi connectivity index (χ1) is 7.58. The van der Waals surface area contributed by atoms with E-state index in [1.165, 1.54) is 0 Å². The first-order valence-electron chi connectivity index (χ1n) is 5.84. The number of likely N-dealkylation sites (tertiary alicyclic amines) is 1. The van der Waals surface area contributed by atoms with Crippen molar-refractivity contribution in [3.05, 3.63) is 0 Å². The molecule has 0 aromatic rings. The molecule has 0 saturated carbocycles. The van der Waals surface area contributed by atoms with Crippen LogP contribution in [-0.4, -0.2) is 47.1 Å². The Kier molecular flexibility index (Phi) is 3.14. The van der Waals surface area contributed by atoms with E-state index >= 15 is 0 Å². The standard InChI is InChI=1S/C11H18N2O3/c1-7(11(15)16)13-5-4-9-8(6-13)2-3-10(14)12-9/h7-9H,2-6H2,1H3,(H,12,14)(H,15,16). The second-order valence-corrected chi connectivity index (χ2v) is 4.77. The topological polar surface area (TPSA) is 69.6 Å². The van der Waals surface area contributed by atoms with Gasteiger partial charge in [-0.25, -0.2) is 0 Å². The van der Waals surface area contributed by atoms with Gasteiger partial charge in [-0.1, -0.05) is 0 Å². The summed E-state index contributed by atoms with van der Waals surface area (Å²) in [6, 6.07) is -0.155. The molecule has 0 aromatic carbocycles. The quantitative estimate of drug-likeness (QED) is 0.698. The zero-order chi connectivity index (χ0) is 11.7. The molecule has 0 radical (unpaired) electrons. The fourth-order valence-electron chi connectivity index (χ4n) is 2.65. The van der Waals surface area contributed by atoms with E-state index in [2.05, 4.69) is 5.32 Å². The highest BCUT2D eigenvalue weighted by atomic mass is 16.4. The van der Waals surface area contributed by atoms with Crippen LogP contribution in [0.2, 0.25) is 0 Å². The molecule has 1 amide bonds. The number of hydrogen-bond donors (Lipinski definition) is 2. The minimum absolute atomic E-state index is 0.140. The van der Waals surface area contributed by atoms with E-state index in [-0.39, 0.29) is 11.9 Å². The molecule has 5 heteroatoms. The largest absolute Gasteiger partial charge is 0.480 e.